The molecule has 1 aliphatic carbocycles. The first-order chi connectivity index (χ1) is 14.6. The fraction of sp³-hybridized carbons (Fsp3) is 0.682. The lowest BCUT2D eigenvalue weighted by atomic mass is 9.72. The second-order valence-electron chi connectivity index (χ2n) is 8.90. The molecule has 0 spiro atoms. The molecule has 5 N–H and O–H groups in total. The van der Waals surface area contributed by atoms with Gasteiger partial charge in [0.15, 0.2) is 6.10 Å². The molecule has 1 saturated carbocycles. The summed E-state index contributed by atoms with van der Waals surface area (Å²) in [5.41, 5.74) is 0.178. The van der Waals surface area contributed by atoms with Gasteiger partial charge in [-0.3, -0.25) is 0 Å². The molecular weight excluding hydrogens is 406 g/mol. The van der Waals surface area contributed by atoms with Crippen LogP contribution in [0.1, 0.15) is 43.6 Å². The van der Waals surface area contributed by atoms with E-state index in [1.165, 1.54) is 0 Å². The van der Waals surface area contributed by atoms with Gasteiger partial charge in [0, 0.05) is 12.5 Å². The van der Waals surface area contributed by atoms with Crippen LogP contribution in [-0.4, -0.2) is 93.3 Å². The van der Waals surface area contributed by atoms with E-state index in [-0.39, 0.29) is 5.92 Å². The molecule has 6 atom stereocenters. The molecule has 1 heterocycles. The van der Waals surface area contributed by atoms with E-state index < -0.39 is 42.3 Å². The maximum Gasteiger partial charge on any atom is 0.335 e. The van der Waals surface area contributed by atoms with Gasteiger partial charge in [0.2, 0.25) is 6.29 Å². The SMILES string of the molecule is CN(C)CC(c1ccc(O[C@@H]2OC(C(=O)O)[C@@H](O)C(O)C2O)cc1)C1(O)CCCCC1. The van der Waals surface area contributed by atoms with E-state index in [2.05, 4.69) is 0 Å². The molecule has 0 radical (unpaired) electrons. The molecule has 0 amide bonds. The van der Waals surface area contributed by atoms with Crippen molar-refractivity contribution in [3.63, 3.8) is 0 Å². The number of carboxylic acids is 1. The highest BCUT2D eigenvalue weighted by Gasteiger charge is 2.48. The van der Waals surface area contributed by atoms with Crippen molar-refractivity contribution >= 4 is 5.97 Å². The summed E-state index contributed by atoms with van der Waals surface area (Å²) < 4.78 is 10.7. The van der Waals surface area contributed by atoms with Crippen LogP contribution in [0, 0.1) is 0 Å². The number of hydrogen-bond acceptors (Lipinski definition) is 8. The Bertz CT molecular complexity index is 734. The van der Waals surface area contributed by atoms with E-state index in [0.29, 0.717) is 12.3 Å². The molecule has 9 nitrogen and oxygen atoms in total. The van der Waals surface area contributed by atoms with E-state index in [1.807, 2.05) is 31.1 Å². The number of carbonyl (C=O) groups is 1. The second kappa shape index (κ2) is 9.81. The lowest BCUT2D eigenvalue weighted by Gasteiger charge is -2.41. The number of nitrogens with zero attached hydrogens (tertiary/aromatic N) is 1. The predicted octanol–water partition coefficient (Wildman–Crippen LogP) is 0.298. The Kier molecular flexibility index (Phi) is 7.56. The average Bonchev–Trinajstić information content (AvgIpc) is 2.73. The van der Waals surface area contributed by atoms with Crippen LogP contribution < -0.4 is 4.74 Å². The number of rotatable bonds is 7. The molecule has 2 fully saturated rings. The molecule has 174 valence electrons. The van der Waals surface area contributed by atoms with Crippen LogP contribution in [0.5, 0.6) is 5.75 Å². The molecule has 9 heteroatoms. The van der Waals surface area contributed by atoms with Crippen molar-refractivity contribution < 1.29 is 39.8 Å². The zero-order valence-electron chi connectivity index (χ0n) is 17.9. The Morgan fingerprint density at radius 3 is 2.26 bits per heavy atom. The third-order valence-electron chi connectivity index (χ3n) is 6.26. The summed E-state index contributed by atoms with van der Waals surface area (Å²) in [6, 6.07) is 7.00. The summed E-state index contributed by atoms with van der Waals surface area (Å²) in [5.74, 6) is -1.24. The standard InChI is InChI=1S/C22H33NO8/c1-23(2)12-15(22(29)10-4-3-5-11-22)13-6-8-14(9-7-13)30-21-18(26)16(24)17(25)19(31-21)20(27)28/h6-9,15-19,21,24-26,29H,3-5,10-12H2,1-2H3,(H,27,28)/t15?,16?,17-,18?,19?,21+/m0/s1. The van der Waals surface area contributed by atoms with Gasteiger partial charge in [-0.15, -0.1) is 0 Å². The fourth-order valence-corrected chi connectivity index (χ4v) is 4.53. The number of aliphatic hydroxyl groups excluding tert-OH is 3. The van der Waals surface area contributed by atoms with Crippen LogP contribution in [-0.2, 0) is 9.53 Å². The smallest absolute Gasteiger partial charge is 0.335 e. The molecule has 1 aliphatic heterocycles. The highest BCUT2D eigenvalue weighted by atomic mass is 16.7. The van der Waals surface area contributed by atoms with Crippen LogP contribution in [0.15, 0.2) is 24.3 Å². The van der Waals surface area contributed by atoms with Crippen LogP contribution in [0.4, 0.5) is 0 Å². The van der Waals surface area contributed by atoms with Gasteiger partial charge in [-0.2, -0.15) is 0 Å². The highest BCUT2D eigenvalue weighted by molar-refractivity contribution is 5.73. The largest absolute Gasteiger partial charge is 0.479 e. The van der Waals surface area contributed by atoms with Crippen LogP contribution >= 0.6 is 0 Å². The molecule has 1 aromatic carbocycles. The zero-order valence-corrected chi connectivity index (χ0v) is 17.9. The zero-order chi connectivity index (χ0) is 22.8. The number of aliphatic carboxylic acids is 1. The molecule has 0 aromatic heterocycles. The number of aliphatic hydroxyl groups is 4. The van der Waals surface area contributed by atoms with E-state index in [0.717, 1.165) is 37.7 Å². The molecular formula is C22H33NO8. The summed E-state index contributed by atoms with van der Waals surface area (Å²) in [7, 11) is 3.94. The lowest BCUT2D eigenvalue weighted by Crippen LogP contribution is -2.61. The summed E-state index contributed by atoms with van der Waals surface area (Å²) in [6.45, 7) is 0.686. The Morgan fingerprint density at radius 1 is 1.10 bits per heavy atom. The summed E-state index contributed by atoms with van der Waals surface area (Å²) in [6.07, 6.45) is -3.64. The molecule has 0 bridgehead atoms. The minimum Gasteiger partial charge on any atom is -0.479 e. The van der Waals surface area contributed by atoms with Crippen molar-refractivity contribution in [2.24, 2.45) is 0 Å². The lowest BCUT2D eigenvalue weighted by molar-refractivity contribution is -0.271. The second-order valence-corrected chi connectivity index (χ2v) is 8.90. The Balaban J connectivity index is 1.75. The number of carboxylic acid groups (broad SMARTS) is 1. The van der Waals surface area contributed by atoms with Gasteiger partial charge in [0.05, 0.1) is 5.60 Å². The van der Waals surface area contributed by atoms with Gasteiger partial charge < -0.3 is 39.9 Å². The molecule has 4 unspecified atom stereocenters. The third kappa shape index (κ3) is 5.36. The van der Waals surface area contributed by atoms with Crippen molar-refractivity contribution in [2.75, 3.05) is 20.6 Å². The van der Waals surface area contributed by atoms with Crippen molar-refractivity contribution in [3.8, 4) is 5.75 Å². The summed E-state index contributed by atoms with van der Waals surface area (Å²) >= 11 is 0. The number of likely N-dealkylation sites (N-methyl/N-ethyl adjacent to an activating group) is 1. The van der Waals surface area contributed by atoms with Crippen molar-refractivity contribution in [2.45, 2.75) is 74.3 Å². The van der Waals surface area contributed by atoms with E-state index in [9.17, 15) is 25.2 Å². The third-order valence-corrected chi connectivity index (χ3v) is 6.26. The fourth-order valence-electron chi connectivity index (χ4n) is 4.53. The van der Waals surface area contributed by atoms with Crippen LogP contribution in [0.2, 0.25) is 0 Å². The average molecular weight is 440 g/mol. The minimum absolute atomic E-state index is 0.0817. The van der Waals surface area contributed by atoms with Gasteiger partial charge in [-0.05, 0) is 44.6 Å². The van der Waals surface area contributed by atoms with Crippen molar-refractivity contribution in [1.29, 1.82) is 0 Å². The topological polar surface area (TPSA) is 140 Å². The Labute approximate surface area is 181 Å². The van der Waals surface area contributed by atoms with Gasteiger partial charge in [-0.25, -0.2) is 4.79 Å². The Hall–Kier alpha value is -1.75. The highest BCUT2D eigenvalue weighted by Crippen LogP contribution is 2.40. The van der Waals surface area contributed by atoms with Crippen molar-refractivity contribution in [1.82, 2.24) is 4.90 Å². The Morgan fingerprint density at radius 2 is 1.71 bits per heavy atom. The maximum atomic E-state index is 11.3. The summed E-state index contributed by atoms with van der Waals surface area (Å²) in [5, 5.41) is 50.3. The van der Waals surface area contributed by atoms with Crippen LogP contribution in [0.3, 0.4) is 0 Å². The first-order valence-corrected chi connectivity index (χ1v) is 10.7. The first kappa shape index (κ1) is 23.9. The first-order valence-electron chi connectivity index (χ1n) is 10.7. The van der Waals surface area contributed by atoms with E-state index >= 15 is 0 Å². The van der Waals surface area contributed by atoms with Crippen LogP contribution in [0.25, 0.3) is 0 Å². The molecule has 3 rings (SSSR count). The molecule has 31 heavy (non-hydrogen) atoms. The number of ether oxygens (including phenoxy) is 2. The molecule has 2 aliphatic rings. The molecule has 1 saturated heterocycles. The van der Waals surface area contributed by atoms with Gasteiger partial charge in [-0.1, -0.05) is 31.4 Å². The normalized spacial score (nSPS) is 31.9. The monoisotopic (exact) mass is 439 g/mol. The number of benzene rings is 1. The summed E-state index contributed by atoms with van der Waals surface area (Å²) in [4.78, 5) is 13.3. The van der Waals surface area contributed by atoms with Crippen molar-refractivity contribution in [3.05, 3.63) is 29.8 Å². The van der Waals surface area contributed by atoms with E-state index in [1.54, 1.807) is 12.1 Å². The molecule has 1 aromatic rings. The van der Waals surface area contributed by atoms with Gasteiger partial charge in [0.1, 0.15) is 24.1 Å². The minimum atomic E-state index is -1.77. The van der Waals surface area contributed by atoms with Gasteiger partial charge >= 0.3 is 5.97 Å². The maximum absolute atomic E-state index is 11.3. The number of hydrogen-bond donors (Lipinski definition) is 5. The van der Waals surface area contributed by atoms with Gasteiger partial charge in [0.25, 0.3) is 0 Å². The quantitative estimate of drug-likeness (QED) is 0.406. The van der Waals surface area contributed by atoms with E-state index in [4.69, 9.17) is 14.6 Å². The predicted molar refractivity (Wildman–Crippen MR) is 111 cm³/mol.